The Morgan fingerprint density at radius 1 is 1.32 bits per heavy atom. The molecule has 0 radical (unpaired) electrons. The van der Waals surface area contributed by atoms with Crippen LogP contribution in [0.2, 0.25) is 0 Å². The average molecular weight is 262 g/mol. The smallest absolute Gasteiger partial charge is 0.0787 e. The minimum Gasteiger partial charge on any atom is -0.388 e. The molecular formula is C16H26N2O. The summed E-state index contributed by atoms with van der Waals surface area (Å²) in [6.45, 7) is 4.24. The van der Waals surface area contributed by atoms with Crippen LogP contribution >= 0.6 is 0 Å². The standard InChI is InChI=1S/C16H26N2O/c1-4-16(19)13-7-9-14(10-8-13)18-11-5-6-15(12-18)17(2)3/h7-10,15-16,19H,4-6,11-12H2,1-3H3/t15?,16-/m1/s1. The van der Waals surface area contributed by atoms with E-state index in [2.05, 4.69) is 48.2 Å². The topological polar surface area (TPSA) is 26.7 Å². The van der Waals surface area contributed by atoms with Crippen LogP contribution in [0, 0.1) is 0 Å². The van der Waals surface area contributed by atoms with Gasteiger partial charge in [0.25, 0.3) is 0 Å². The zero-order valence-electron chi connectivity index (χ0n) is 12.3. The van der Waals surface area contributed by atoms with Gasteiger partial charge in [-0.1, -0.05) is 19.1 Å². The van der Waals surface area contributed by atoms with Gasteiger partial charge >= 0.3 is 0 Å². The Hall–Kier alpha value is -1.06. The molecule has 1 fully saturated rings. The summed E-state index contributed by atoms with van der Waals surface area (Å²) in [6.07, 6.45) is 2.98. The van der Waals surface area contributed by atoms with Gasteiger partial charge in [-0.2, -0.15) is 0 Å². The lowest BCUT2D eigenvalue weighted by atomic mass is 10.0. The molecule has 0 saturated carbocycles. The van der Waals surface area contributed by atoms with Crippen molar-refractivity contribution in [2.45, 2.75) is 38.3 Å². The number of rotatable bonds is 4. The summed E-state index contributed by atoms with van der Waals surface area (Å²) in [5, 5.41) is 9.83. The Morgan fingerprint density at radius 2 is 2.00 bits per heavy atom. The first-order valence-electron chi connectivity index (χ1n) is 7.31. The SMILES string of the molecule is CC[C@@H](O)c1ccc(N2CCCC(N(C)C)C2)cc1. The van der Waals surface area contributed by atoms with Crippen molar-refractivity contribution in [3.8, 4) is 0 Å². The van der Waals surface area contributed by atoms with Crippen molar-refractivity contribution >= 4 is 5.69 Å². The van der Waals surface area contributed by atoms with Crippen LogP contribution < -0.4 is 4.90 Å². The number of benzene rings is 1. The van der Waals surface area contributed by atoms with Crippen LogP contribution in [0.1, 0.15) is 37.9 Å². The van der Waals surface area contributed by atoms with Crippen molar-refractivity contribution in [2.24, 2.45) is 0 Å². The van der Waals surface area contributed by atoms with Gasteiger partial charge in [-0.05, 0) is 51.1 Å². The highest BCUT2D eigenvalue weighted by molar-refractivity contribution is 5.48. The maximum absolute atomic E-state index is 9.83. The lowest BCUT2D eigenvalue weighted by Crippen LogP contribution is -2.45. The summed E-state index contributed by atoms with van der Waals surface area (Å²) in [7, 11) is 4.32. The Kier molecular flexibility index (Phi) is 4.83. The van der Waals surface area contributed by atoms with E-state index in [0.29, 0.717) is 6.04 Å². The molecule has 0 aromatic heterocycles. The molecule has 19 heavy (non-hydrogen) atoms. The maximum Gasteiger partial charge on any atom is 0.0787 e. The third-order valence-corrected chi connectivity index (χ3v) is 4.16. The van der Waals surface area contributed by atoms with Gasteiger partial charge in [0.15, 0.2) is 0 Å². The number of hydrogen-bond acceptors (Lipinski definition) is 3. The van der Waals surface area contributed by atoms with Gasteiger partial charge in [-0.3, -0.25) is 0 Å². The number of aliphatic hydroxyl groups is 1. The van der Waals surface area contributed by atoms with E-state index < -0.39 is 0 Å². The number of hydrogen-bond donors (Lipinski definition) is 1. The second-order valence-electron chi connectivity index (χ2n) is 5.72. The summed E-state index contributed by atoms with van der Waals surface area (Å²) >= 11 is 0. The summed E-state index contributed by atoms with van der Waals surface area (Å²) in [5.41, 5.74) is 2.30. The van der Waals surface area contributed by atoms with E-state index in [0.717, 1.165) is 25.1 Å². The molecule has 0 aliphatic carbocycles. The molecule has 1 saturated heterocycles. The van der Waals surface area contributed by atoms with E-state index in [4.69, 9.17) is 0 Å². The second kappa shape index (κ2) is 6.40. The molecule has 1 aromatic rings. The molecule has 2 atom stereocenters. The Morgan fingerprint density at radius 3 is 2.58 bits per heavy atom. The molecule has 0 spiro atoms. The first-order valence-corrected chi connectivity index (χ1v) is 7.31. The normalized spacial score (nSPS) is 21.7. The Bertz CT molecular complexity index is 388. The molecular weight excluding hydrogens is 236 g/mol. The fraction of sp³-hybridized carbons (Fsp3) is 0.625. The van der Waals surface area contributed by atoms with Crippen molar-refractivity contribution < 1.29 is 5.11 Å². The fourth-order valence-electron chi connectivity index (χ4n) is 2.75. The van der Waals surface area contributed by atoms with Crippen molar-refractivity contribution in [3.63, 3.8) is 0 Å². The van der Waals surface area contributed by atoms with Gasteiger partial charge in [-0.25, -0.2) is 0 Å². The number of aliphatic hydroxyl groups excluding tert-OH is 1. The molecule has 1 aliphatic heterocycles. The lowest BCUT2D eigenvalue weighted by Gasteiger charge is -2.37. The van der Waals surface area contributed by atoms with E-state index in [1.807, 2.05) is 6.92 Å². The Balaban J connectivity index is 2.05. The van der Waals surface area contributed by atoms with Gasteiger partial charge in [-0.15, -0.1) is 0 Å². The van der Waals surface area contributed by atoms with Crippen LogP contribution in [-0.4, -0.2) is 43.2 Å². The molecule has 0 amide bonds. The fourth-order valence-corrected chi connectivity index (χ4v) is 2.75. The van der Waals surface area contributed by atoms with Crippen molar-refractivity contribution in [3.05, 3.63) is 29.8 Å². The number of piperidine rings is 1. The van der Waals surface area contributed by atoms with E-state index in [1.165, 1.54) is 18.5 Å². The molecule has 1 aliphatic rings. The van der Waals surface area contributed by atoms with E-state index in [1.54, 1.807) is 0 Å². The molecule has 1 aromatic carbocycles. The highest BCUT2D eigenvalue weighted by Gasteiger charge is 2.21. The molecule has 1 N–H and O–H groups in total. The molecule has 0 bridgehead atoms. The van der Waals surface area contributed by atoms with Crippen LogP contribution in [0.4, 0.5) is 5.69 Å². The largest absolute Gasteiger partial charge is 0.388 e. The molecule has 2 rings (SSSR count). The van der Waals surface area contributed by atoms with E-state index >= 15 is 0 Å². The minimum atomic E-state index is -0.329. The second-order valence-corrected chi connectivity index (χ2v) is 5.72. The van der Waals surface area contributed by atoms with Crippen LogP contribution in [0.3, 0.4) is 0 Å². The van der Waals surface area contributed by atoms with E-state index in [-0.39, 0.29) is 6.10 Å². The van der Waals surface area contributed by atoms with Crippen molar-refractivity contribution in [1.82, 2.24) is 4.90 Å². The maximum atomic E-state index is 9.83. The van der Waals surface area contributed by atoms with Crippen molar-refractivity contribution in [2.75, 3.05) is 32.1 Å². The molecule has 106 valence electrons. The Labute approximate surface area is 116 Å². The third-order valence-electron chi connectivity index (χ3n) is 4.16. The number of anilines is 1. The van der Waals surface area contributed by atoms with Gasteiger partial charge in [0.05, 0.1) is 6.10 Å². The van der Waals surface area contributed by atoms with Gasteiger partial charge < -0.3 is 14.9 Å². The number of likely N-dealkylation sites (N-methyl/N-ethyl adjacent to an activating group) is 1. The quantitative estimate of drug-likeness (QED) is 0.903. The van der Waals surface area contributed by atoms with Gasteiger partial charge in [0.2, 0.25) is 0 Å². The predicted molar refractivity (Wildman–Crippen MR) is 80.6 cm³/mol. The lowest BCUT2D eigenvalue weighted by molar-refractivity contribution is 0.173. The van der Waals surface area contributed by atoms with Crippen LogP contribution in [-0.2, 0) is 0 Å². The summed E-state index contributed by atoms with van der Waals surface area (Å²) < 4.78 is 0. The zero-order chi connectivity index (χ0) is 13.8. The minimum absolute atomic E-state index is 0.329. The van der Waals surface area contributed by atoms with Gasteiger partial charge in [0.1, 0.15) is 0 Å². The summed E-state index contributed by atoms with van der Waals surface area (Å²) in [4.78, 5) is 4.78. The third kappa shape index (κ3) is 3.48. The van der Waals surface area contributed by atoms with Crippen LogP contribution in [0.5, 0.6) is 0 Å². The highest BCUT2D eigenvalue weighted by atomic mass is 16.3. The van der Waals surface area contributed by atoms with Crippen LogP contribution in [0.25, 0.3) is 0 Å². The highest BCUT2D eigenvalue weighted by Crippen LogP contribution is 2.24. The summed E-state index contributed by atoms with van der Waals surface area (Å²) in [5.74, 6) is 0. The zero-order valence-corrected chi connectivity index (χ0v) is 12.3. The van der Waals surface area contributed by atoms with Gasteiger partial charge in [0, 0.05) is 24.8 Å². The monoisotopic (exact) mass is 262 g/mol. The van der Waals surface area contributed by atoms with Crippen molar-refractivity contribution in [1.29, 1.82) is 0 Å². The average Bonchev–Trinajstić information content (AvgIpc) is 2.46. The van der Waals surface area contributed by atoms with Crippen LogP contribution in [0.15, 0.2) is 24.3 Å². The molecule has 1 heterocycles. The summed E-state index contributed by atoms with van der Waals surface area (Å²) in [6, 6.07) is 9.05. The first-order chi connectivity index (χ1) is 9.11. The number of nitrogens with zero attached hydrogens (tertiary/aromatic N) is 2. The molecule has 3 heteroatoms. The molecule has 1 unspecified atom stereocenters. The first kappa shape index (κ1) is 14.4. The molecule has 3 nitrogen and oxygen atoms in total. The predicted octanol–water partition coefficient (Wildman–Crippen LogP) is 2.66. The van der Waals surface area contributed by atoms with E-state index in [9.17, 15) is 5.11 Å².